The average Bonchev–Trinajstić information content (AvgIpc) is 2.93. The third kappa shape index (κ3) is 3.89. The fourth-order valence-electron chi connectivity index (χ4n) is 2.09. The first kappa shape index (κ1) is 15.7. The van der Waals surface area contributed by atoms with E-state index >= 15 is 0 Å². The van der Waals surface area contributed by atoms with Gasteiger partial charge in [0.1, 0.15) is 11.9 Å². The van der Waals surface area contributed by atoms with Crippen molar-refractivity contribution in [1.82, 2.24) is 5.32 Å². The molecule has 0 aliphatic carbocycles. The highest BCUT2D eigenvalue weighted by molar-refractivity contribution is 8.22. The van der Waals surface area contributed by atoms with E-state index in [0.717, 1.165) is 0 Å². The number of hydrogen-bond acceptors (Lipinski definition) is 3. The second-order valence-corrected chi connectivity index (χ2v) is 6.99. The summed E-state index contributed by atoms with van der Waals surface area (Å²) in [7, 11) is -0.436. The summed E-state index contributed by atoms with van der Waals surface area (Å²) in [4.78, 5) is 12.3. The van der Waals surface area contributed by atoms with Crippen LogP contribution in [0.15, 0.2) is 41.2 Å². The van der Waals surface area contributed by atoms with E-state index in [-0.39, 0.29) is 17.8 Å². The number of allylic oxidation sites excluding steroid dienone is 2. The molecule has 21 heavy (non-hydrogen) atoms. The molecule has 1 radical (unpaired) electrons. The summed E-state index contributed by atoms with van der Waals surface area (Å²) in [5.41, 5.74) is 0.960. The lowest BCUT2D eigenvalue weighted by molar-refractivity contribution is 0.0925. The Morgan fingerprint density at radius 2 is 2.00 bits per heavy atom. The van der Waals surface area contributed by atoms with Crippen LogP contribution in [0, 0.1) is 13.0 Å². The molecule has 1 aliphatic heterocycles. The molecule has 2 rings (SSSR count). The minimum Gasteiger partial charge on any atom is -0.508 e. The Labute approximate surface area is 127 Å². The number of aliphatic hydroxyl groups excluding tert-OH is 1. The monoisotopic (exact) mass is 306 g/mol. The molecule has 1 aromatic carbocycles. The molecule has 1 heterocycles. The summed E-state index contributed by atoms with van der Waals surface area (Å²) in [5.74, 6) is 0.479. The first-order valence-corrected chi connectivity index (χ1v) is 8.38. The lowest BCUT2D eigenvalue weighted by Crippen LogP contribution is -2.41. The Balaban J connectivity index is 2.09. The number of aromatic hydroxyl groups is 1. The highest BCUT2D eigenvalue weighted by atomic mass is 32.2. The normalized spacial score (nSPS) is 16.5. The molecule has 5 heteroatoms. The fraction of sp³-hybridized carbons (Fsp3) is 0.250. The zero-order valence-corrected chi connectivity index (χ0v) is 13.0. The fourth-order valence-corrected chi connectivity index (χ4v) is 3.85. The molecule has 0 bridgehead atoms. The van der Waals surface area contributed by atoms with Gasteiger partial charge in [-0.25, -0.2) is 10.9 Å². The van der Waals surface area contributed by atoms with Crippen molar-refractivity contribution in [3.8, 4) is 5.75 Å². The van der Waals surface area contributed by atoms with Crippen molar-refractivity contribution in [2.75, 3.05) is 5.75 Å². The lowest BCUT2D eigenvalue weighted by atomic mass is 10.1. The van der Waals surface area contributed by atoms with Crippen LogP contribution in [-0.2, 0) is 0 Å². The van der Waals surface area contributed by atoms with Gasteiger partial charge in [-0.05, 0) is 36.8 Å². The van der Waals surface area contributed by atoms with E-state index in [1.807, 2.05) is 12.2 Å². The number of aliphatic hydroxyl groups is 1. The van der Waals surface area contributed by atoms with Gasteiger partial charge in [0.25, 0.3) is 5.91 Å². The van der Waals surface area contributed by atoms with E-state index in [2.05, 4.69) is 16.1 Å². The van der Waals surface area contributed by atoms with Crippen LogP contribution in [0.4, 0.5) is 0 Å². The van der Waals surface area contributed by atoms with E-state index in [1.165, 1.54) is 0 Å². The highest BCUT2D eigenvalue weighted by Crippen LogP contribution is 2.34. The van der Waals surface area contributed by atoms with Crippen LogP contribution in [0.2, 0.25) is 0 Å². The van der Waals surface area contributed by atoms with E-state index in [1.54, 1.807) is 32.0 Å². The van der Waals surface area contributed by atoms with Crippen molar-refractivity contribution in [3.63, 3.8) is 0 Å². The van der Waals surface area contributed by atoms with Gasteiger partial charge in [0.05, 0.1) is 6.04 Å². The number of carbonyl (C=O) groups excluding carboxylic acids is 1. The summed E-state index contributed by atoms with van der Waals surface area (Å²) in [6, 6.07) is 4.45. The van der Waals surface area contributed by atoms with Crippen molar-refractivity contribution < 1.29 is 15.0 Å². The molecule has 0 saturated heterocycles. The van der Waals surface area contributed by atoms with Gasteiger partial charge in [0.2, 0.25) is 0 Å². The maximum absolute atomic E-state index is 12.3. The average molecular weight is 306 g/mol. The van der Waals surface area contributed by atoms with E-state index < -0.39 is 16.9 Å². The summed E-state index contributed by atoms with van der Waals surface area (Å²) in [6.07, 6.45) is 4.16. The van der Waals surface area contributed by atoms with Gasteiger partial charge in [-0.1, -0.05) is 18.2 Å². The van der Waals surface area contributed by atoms with Gasteiger partial charge in [-0.3, -0.25) is 4.79 Å². The summed E-state index contributed by atoms with van der Waals surface area (Å²) in [5, 5.41) is 26.5. The van der Waals surface area contributed by atoms with Gasteiger partial charge in [-0.15, -0.1) is 0 Å². The smallest absolute Gasteiger partial charge is 0.252 e. The van der Waals surface area contributed by atoms with Crippen LogP contribution in [-0.4, -0.2) is 27.9 Å². The van der Waals surface area contributed by atoms with Crippen molar-refractivity contribution in [2.45, 2.75) is 19.9 Å². The van der Waals surface area contributed by atoms with Crippen LogP contribution in [0.3, 0.4) is 0 Å². The van der Waals surface area contributed by atoms with Crippen LogP contribution in [0.25, 0.3) is 0 Å². The first-order valence-electron chi connectivity index (χ1n) is 6.71. The predicted octanol–water partition coefficient (Wildman–Crippen LogP) is 2.77. The molecular formula is C16H20NO3S. The van der Waals surface area contributed by atoms with E-state index in [0.29, 0.717) is 16.9 Å². The largest absolute Gasteiger partial charge is 0.508 e. The molecule has 1 aromatic rings. The van der Waals surface area contributed by atoms with Gasteiger partial charge in [0, 0.05) is 16.9 Å². The number of phenolic OH excluding ortho intramolecular Hbond substituents is 1. The van der Waals surface area contributed by atoms with Gasteiger partial charge < -0.3 is 15.5 Å². The minimum absolute atomic E-state index is 0.0925. The van der Waals surface area contributed by atoms with Crippen molar-refractivity contribution >= 4 is 16.8 Å². The maximum Gasteiger partial charge on any atom is 0.252 e. The molecule has 0 aromatic heterocycles. The molecule has 1 aliphatic rings. The zero-order chi connectivity index (χ0) is 15.4. The number of amides is 1. The Bertz CT molecular complexity index is 569. The predicted molar refractivity (Wildman–Crippen MR) is 87.1 cm³/mol. The quantitative estimate of drug-likeness (QED) is 0.632. The molecule has 113 valence electrons. The number of thiol groups is 1. The van der Waals surface area contributed by atoms with Crippen molar-refractivity contribution in [3.05, 3.63) is 58.4 Å². The van der Waals surface area contributed by atoms with Gasteiger partial charge >= 0.3 is 0 Å². The molecule has 0 spiro atoms. The molecule has 1 atom stereocenters. The molecule has 3 N–H and O–H groups in total. The van der Waals surface area contributed by atoms with E-state index in [9.17, 15) is 15.0 Å². The van der Waals surface area contributed by atoms with Crippen LogP contribution >= 0.6 is 10.9 Å². The molecule has 1 amide bonds. The molecular weight excluding hydrogens is 286 g/mol. The van der Waals surface area contributed by atoms with Crippen LogP contribution in [0.1, 0.15) is 22.8 Å². The van der Waals surface area contributed by atoms with Crippen LogP contribution < -0.4 is 5.32 Å². The summed E-state index contributed by atoms with van der Waals surface area (Å²) >= 11 is 0. The summed E-state index contributed by atoms with van der Waals surface area (Å²) in [6.45, 7) is 3.29. The standard InChI is InChI=1S/C16H20NO3S/c1-11-13(6-5-7-15(11)19)16(20)17-14(12(2)18)10-21-8-3-4-9-21/h3-9,14,18-19,21H,10H2,1-2H3,(H,17,20). The topological polar surface area (TPSA) is 69.6 Å². The van der Waals surface area contributed by atoms with Crippen molar-refractivity contribution in [1.29, 1.82) is 0 Å². The molecule has 1 unspecified atom stereocenters. The summed E-state index contributed by atoms with van der Waals surface area (Å²) < 4.78 is 0. The second kappa shape index (κ2) is 6.83. The number of rotatable bonds is 5. The van der Waals surface area contributed by atoms with E-state index in [4.69, 9.17) is 0 Å². The SMILES string of the molecule is C[C](O)C(C[SH]1C=CC=C1)NC(=O)c1cccc(O)c1C. The number of hydrogen-bond donors (Lipinski definition) is 4. The Morgan fingerprint density at radius 1 is 1.33 bits per heavy atom. The number of phenols is 1. The Kier molecular flexibility index (Phi) is 5.09. The molecule has 0 fully saturated rings. The number of nitrogens with one attached hydrogen (secondary N) is 1. The molecule has 4 nitrogen and oxygen atoms in total. The highest BCUT2D eigenvalue weighted by Gasteiger charge is 2.22. The third-order valence-electron chi connectivity index (χ3n) is 3.42. The Hall–Kier alpha value is -1.72. The Morgan fingerprint density at radius 3 is 2.62 bits per heavy atom. The number of carbonyl (C=O) groups is 1. The second-order valence-electron chi connectivity index (χ2n) is 5.00. The van der Waals surface area contributed by atoms with Crippen LogP contribution in [0.5, 0.6) is 5.75 Å². The third-order valence-corrected chi connectivity index (χ3v) is 5.32. The molecule has 0 saturated carbocycles. The van der Waals surface area contributed by atoms with Gasteiger partial charge in [0.15, 0.2) is 0 Å². The maximum atomic E-state index is 12.3. The van der Waals surface area contributed by atoms with Crippen molar-refractivity contribution in [2.24, 2.45) is 0 Å². The number of benzene rings is 1. The zero-order valence-electron chi connectivity index (χ0n) is 12.1. The van der Waals surface area contributed by atoms with Gasteiger partial charge in [-0.2, -0.15) is 0 Å². The first-order chi connectivity index (χ1) is 9.99. The lowest BCUT2D eigenvalue weighted by Gasteiger charge is -2.24. The minimum atomic E-state index is -0.436.